The summed E-state index contributed by atoms with van der Waals surface area (Å²) in [6.07, 6.45) is 18.7. The monoisotopic (exact) mass is 584 g/mol. The minimum absolute atomic E-state index is 0. The molecule has 0 saturated carbocycles. The molecule has 4 nitrogen and oxygen atoms in total. The first-order valence-corrected chi connectivity index (χ1v) is 15.5. The van der Waals surface area contributed by atoms with Gasteiger partial charge in [-0.15, -0.1) is 0 Å². The Kier molecular flexibility index (Phi) is 27.4. The van der Waals surface area contributed by atoms with Gasteiger partial charge in [-0.2, -0.15) is 0 Å². The molecule has 0 bridgehead atoms. The number of aliphatic hydroxyl groups is 2. The molecule has 0 aliphatic heterocycles. The quantitative estimate of drug-likeness (QED) is 0.0863. The average Bonchev–Trinajstić information content (AvgIpc) is 2.95. The Balaban J connectivity index is 0.000000722. The molecule has 0 radical (unpaired) electrons. The summed E-state index contributed by atoms with van der Waals surface area (Å²) in [5, 5.41) is 23.8. The third-order valence-corrected chi connectivity index (χ3v) is 6.92. The van der Waals surface area contributed by atoms with E-state index in [1.807, 2.05) is 0 Å². The maximum Gasteiger partial charge on any atom is 0.0556 e. The van der Waals surface area contributed by atoms with Gasteiger partial charge in [0.25, 0.3) is 0 Å². The molecule has 5 heteroatoms. The maximum absolute atomic E-state index is 8.70. The molecule has 39 heavy (non-hydrogen) atoms. The molecule has 2 aromatic carbocycles. The molecule has 0 aliphatic carbocycles. The Labute approximate surface area is 250 Å². The summed E-state index contributed by atoms with van der Waals surface area (Å²) in [5.74, 6) is 0. The van der Waals surface area contributed by atoms with Gasteiger partial charge >= 0.3 is 0 Å². The summed E-state index contributed by atoms with van der Waals surface area (Å²) >= 11 is 0. The summed E-state index contributed by atoms with van der Waals surface area (Å²) in [5.41, 5.74) is 5.48. The number of aliphatic hydroxyl groups excluding tert-OH is 2. The van der Waals surface area contributed by atoms with Crippen LogP contribution in [0, 0.1) is 0 Å². The van der Waals surface area contributed by atoms with Crippen molar-refractivity contribution >= 4 is 0 Å². The summed E-state index contributed by atoms with van der Waals surface area (Å²) in [6, 6.07) is 17.7. The topological polar surface area (TPSA) is 64.5 Å². The second-order valence-electron chi connectivity index (χ2n) is 10.5. The second kappa shape index (κ2) is 28.3. The minimum atomic E-state index is 0. The molecule has 0 heterocycles. The van der Waals surface area contributed by atoms with Crippen LogP contribution in [0.3, 0.4) is 0 Å². The number of hydrogen-bond donors (Lipinski definition) is 4. The van der Waals surface area contributed by atoms with Crippen molar-refractivity contribution in [2.75, 3.05) is 26.3 Å². The van der Waals surface area contributed by atoms with Crippen LogP contribution in [0.1, 0.15) is 113 Å². The van der Waals surface area contributed by atoms with Gasteiger partial charge in [0.1, 0.15) is 0 Å². The maximum atomic E-state index is 8.70. The largest absolute Gasteiger partial charge is 0.395 e. The Morgan fingerprint density at radius 1 is 0.462 bits per heavy atom. The van der Waals surface area contributed by atoms with Crippen LogP contribution in [0.4, 0.5) is 0 Å². The van der Waals surface area contributed by atoms with Crippen molar-refractivity contribution in [3.63, 3.8) is 0 Å². The molecular weight excluding hydrogens is 527 g/mol. The van der Waals surface area contributed by atoms with Crippen molar-refractivity contribution in [1.82, 2.24) is 10.6 Å². The zero-order valence-electron chi connectivity index (χ0n) is 25.0. The van der Waals surface area contributed by atoms with Crippen molar-refractivity contribution in [2.45, 2.75) is 117 Å². The van der Waals surface area contributed by atoms with E-state index in [0.29, 0.717) is 13.1 Å². The summed E-state index contributed by atoms with van der Waals surface area (Å²) in [7, 11) is 0. The average molecular weight is 586 g/mol. The predicted octanol–water partition coefficient (Wildman–Crippen LogP) is 7.34. The molecule has 0 unspecified atom stereocenters. The molecule has 4 N–H and O–H groups in total. The van der Waals surface area contributed by atoms with E-state index in [2.05, 4.69) is 73.0 Å². The fraction of sp³-hybridized carbons (Fsp3) is 0.647. The van der Waals surface area contributed by atoms with Gasteiger partial charge in [0, 0.05) is 42.7 Å². The number of hydrogen-bond acceptors (Lipinski definition) is 4. The summed E-state index contributed by atoms with van der Waals surface area (Å²) in [4.78, 5) is 0. The van der Waals surface area contributed by atoms with Crippen molar-refractivity contribution < 1.29 is 26.7 Å². The van der Waals surface area contributed by atoms with Crippen LogP contribution in [0.25, 0.3) is 0 Å². The molecule has 226 valence electrons. The first kappa shape index (κ1) is 37.8. The molecular formula is C34H58N2NiO2. The SMILES string of the molecule is CCCCCCCCc1ccc(CNCCO)cc1.CCCCCCCCc1ccc(CNCCO)cc1.[Ni]. The predicted molar refractivity (Wildman–Crippen MR) is 165 cm³/mol. The Morgan fingerprint density at radius 3 is 1.10 bits per heavy atom. The fourth-order valence-electron chi connectivity index (χ4n) is 4.49. The zero-order chi connectivity index (χ0) is 27.5. The smallest absolute Gasteiger partial charge is 0.0556 e. The van der Waals surface area contributed by atoms with Crippen molar-refractivity contribution in [2.24, 2.45) is 0 Å². The van der Waals surface area contributed by atoms with Crippen molar-refractivity contribution in [1.29, 1.82) is 0 Å². The van der Waals surface area contributed by atoms with E-state index in [4.69, 9.17) is 10.2 Å². The van der Waals surface area contributed by atoms with Crippen LogP contribution >= 0.6 is 0 Å². The van der Waals surface area contributed by atoms with E-state index < -0.39 is 0 Å². The van der Waals surface area contributed by atoms with Gasteiger partial charge in [0.2, 0.25) is 0 Å². The van der Waals surface area contributed by atoms with E-state index >= 15 is 0 Å². The van der Waals surface area contributed by atoms with E-state index in [0.717, 1.165) is 13.1 Å². The van der Waals surface area contributed by atoms with Gasteiger partial charge in [0.15, 0.2) is 0 Å². The van der Waals surface area contributed by atoms with E-state index in [-0.39, 0.29) is 29.7 Å². The normalized spacial score (nSPS) is 10.6. The van der Waals surface area contributed by atoms with Crippen LogP contribution in [0.2, 0.25) is 0 Å². The summed E-state index contributed by atoms with van der Waals surface area (Å²) < 4.78 is 0. The Bertz CT molecular complexity index is 687. The molecule has 0 spiro atoms. The molecule has 0 aromatic heterocycles. The number of benzene rings is 2. The Hall–Kier alpha value is -1.23. The molecule has 0 atom stereocenters. The molecule has 0 fully saturated rings. The zero-order valence-corrected chi connectivity index (χ0v) is 26.0. The Morgan fingerprint density at radius 2 is 0.769 bits per heavy atom. The molecule has 0 amide bonds. The first-order valence-electron chi connectivity index (χ1n) is 15.5. The van der Waals surface area contributed by atoms with E-state index in [1.165, 1.54) is 112 Å². The van der Waals surface area contributed by atoms with Crippen LogP contribution in [0.15, 0.2) is 48.5 Å². The minimum Gasteiger partial charge on any atom is -0.395 e. The number of nitrogens with one attached hydrogen (secondary N) is 2. The standard InChI is InChI=1S/2C17H29NO.Ni/c2*1-2-3-4-5-6-7-8-16-9-11-17(12-10-16)15-18-13-14-19;/h2*9-12,18-19H,2-8,13-15H2,1H3;. The molecule has 0 aliphatic rings. The van der Waals surface area contributed by atoms with Crippen LogP contribution in [-0.4, -0.2) is 36.5 Å². The van der Waals surface area contributed by atoms with Gasteiger partial charge < -0.3 is 20.8 Å². The molecule has 2 aromatic rings. The van der Waals surface area contributed by atoms with Crippen LogP contribution in [0.5, 0.6) is 0 Å². The van der Waals surface area contributed by atoms with Gasteiger partial charge in [-0.05, 0) is 47.9 Å². The first-order chi connectivity index (χ1) is 18.7. The fourth-order valence-corrected chi connectivity index (χ4v) is 4.49. The van der Waals surface area contributed by atoms with Gasteiger partial charge in [-0.25, -0.2) is 0 Å². The second-order valence-corrected chi connectivity index (χ2v) is 10.5. The van der Waals surface area contributed by atoms with Crippen LogP contribution in [-0.2, 0) is 42.4 Å². The number of unbranched alkanes of at least 4 members (excludes halogenated alkanes) is 10. The third-order valence-electron chi connectivity index (χ3n) is 6.92. The third kappa shape index (κ3) is 22.2. The molecule has 0 saturated heterocycles. The van der Waals surface area contributed by atoms with Gasteiger partial charge in [-0.3, -0.25) is 0 Å². The molecule has 2 rings (SSSR count). The van der Waals surface area contributed by atoms with E-state index in [9.17, 15) is 0 Å². The summed E-state index contributed by atoms with van der Waals surface area (Å²) in [6.45, 7) is 7.95. The van der Waals surface area contributed by atoms with Crippen LogP contribution < -0.4 is 10.6 Å². The van der Waals surface area contributed by atoms with Gasteiger partial charge in [0.05, 0.1) is 13.2 Å². The van der Waals surface area contributed by atoms with E-state index in [1.54, 1.807) is 0 Å². The number of aryl methyl sites for hydroxylation is 2. The van der Waals surface area contributed by atoms with Gasteiger partial charge in [-0.1, -0.05) is 127 Å². The number of rotatable bonds is 22. The van der Waals surface area contributed by atoms with Crippen molar-refractivity contribution in [3.8, 4) is 0 Å². The van der Waals surface area contributed by atoms with Crippen molar-refractivity contribution in [3.05, 3.63) is 70.8 Å².